The average Bonchev–Trinajstić information content (AvgIpc) is 3.12. The Kier molecular flexibility index (Phi) is 7.75. The molecule has 5 nitrogen and oxygen atoms in total. The Morgan fingerprint density at radius 1 is 0.816 bits per heavy atom. The summed E-state index contributed by atoms with van der Waals surface area (Å²) in [5, 5.41) is 0. The van der Waals surface area contributed by atoms with E-state index in [0.29, 0.717) is 11.1 Å². The van der Waals surface area contributed by atoms with E-state index in [4.69, 9.17) is 0 Å². The number of hydrogen-bond donors (Lipinski definition) is 0. The molecule has 6 heteroatoms. The predicted octanol–water partition coefficient (Wildman–Crippen LogP) is 7.29. The zero-order valence-corrected chi connectivity index (χ0v) is 24.0. The van der Waals surface area contributed by atoms with Gasteiger partial charge in [0.1, 0.15) is 0 Å². The Morgan fingerprint density at radius 2 is 1.37 bits per heavy atom. The Balaban J connectivity index is 2.00. The number of rotatable bonds is 7. The molecule has 0 radical (unpaired) electrons. The first-order chi connectivity index (χ1) is 17.9. The van der Waals surface area contributed by atoms with E-state index in [-0.39, 0.29) is 34.3 Å². The van der Waals surface area contributed by atoms with Gasteiger partial charge in [-0.25, -0.2) is 0 Å². The van der Waals surface area contributed by atoms with Crippen molar-refractivity contribution < 1.29 is 13.2 Å². The smallest absolute Gasteiger partial charge is 0.283 e. The minimum Gasteiger partial charge on any atom is -0.311 e. The van der Waals surface area contributed by atoms with Crippen LogP contribution in [0.5, 0.6) is 0 Å². The van der Waals surface area contributed by atoms with Crippen molar-refractivity contribution in [2.75, 3.05) is 11.9 Å². The molecule has 0 atom stereocenters. The highest BCUT2D eigenvalue weighted by molar-refractivity contribution is 7.90. The summed E-state index contributed by atoms with van der Waals surface area (Å²) in [6, 6.07) is 20.7. The number of carbonyl (C=O) groups excluding carboxylic acids is 1. The van der Waals surface area contributed by atoms with Crippen LogP contribution in [0.4, 0.5) is 5.69 Å². The van der Waals surface area contributed by atoms with E-state index in [9.17, 15) is 13.2 Å². The van der Waals surface area contributed by atoms with Crippen LogP contribution in [0.1, 0.15) is 87.1 Å². The van der Waals surface area contributed by atoms with Gasteiger partial charge in [0.15, 0.2) is 0 Å². The Morgan fingerprint density at radius 3 is 1.92 bits per heavy atom. The van der Waals surface area contributed by atoms with Gasteiger partial charge in [-0.15, -0.1) is 0 Å². The normalized spacial score (nSPS) is 15.3. The number of sulfonamides is 1. The van der Waals surface area contributed by atoms with Crippen LogP contribution in [-0.4, -0.2) is 27.1 Å². The van der Waals surface area contributed by atoms with Gasteiger partial charge in [0.05, 0.1) is 21.9 Å². The van der Waals surface area contributed by atoms with Crippen molar-refractivity contribution in [3.05, 3.63) is 101 Å². The van der Waals surface area contributed by atoms with E-state index in [1.807, 2.05) is 94.4 Å². The van der Waals surface area contributed by atoms with Crippen molar-refractivity contribution in [1.29, 1.82) is 0 Å². The second-order valence-corrected chi connectivity index (χ2v) is 12.3. The lowest BCUT2D eigenvalue weighted by Gasteiger charge is -2.21. The molecule has 0 aliphatic carbocycles. The SMILES string of the molecule is CC(C)c1cc(C(C)C)c(S(=O)(=O)/N=C(/C=C2\C(=O)N(C)c3ccccc32)c2ccccc2)c(C(C)C)c1. The predicted molar refractivity (Wildman–Crippen MR) is 157 cm³/mol. The maximum Gasteiger partial charge on any atom is 0.283 e. The molecule has 38 heavy (non-hydrogen) atoms. The number of allylic oxidation sites excluding steroid dienone is 1. The van der Waals surface area contributed by atoms with Crippen LogP contribution in [0.2, 0.25) is 0 Å². The molecule has 0 bridgehead atoms. The summed E-state index contributed by atoms with van der Waals surface area (Å²) < 4.78 is 32.8. The van der Waals surface area contributed by atoms with Gasteiger partial charge >= 0.3 is 0 Å². The van der Waals surface area contributed by atoms with Gasteiger partial charge in [-0.3, -0.25) is 4.79 Å². The molecule has 0 spiro atoms. The Labute approximate surface area is 227 Å². The van der Waals surface area contributed by atoms with Crippen LogP contribution < -0.4 is 4.90 Å². The standard InChI is InChI=1S/C32H36N2O3S/c1-20(2)24-17-26(21(3)4)31(27(18-24)22(5)6)38(36,37)33-29(23-13-9-8-10-14-23)19-28-25-15-11-12-16-30(25)34(7)32(28)35/h8-22H,1-7H3/b28-19-,33-29-. The Hall–Kier alpha value is -3.51. The number of carbonyl (C=O) groups is 1. The van der Waals surface area contributed by atoms with Crippen LogP contribution in [0.3, 0.4) is 0 Å². The van der Waals surface area contributed by atoms with Gasteiger partial charge in [0, 0.05) is 18.2 Å². The number of anilines is 1. The van der Waals surface area contributed by atoms with Crippen molar-refractivity contribution in [3.63, 3.8) is 0 Å². The van der Waals surface area contributed by atoms with Gasteiger partial charge in [0.25, 0.3) is 15.9 Å². The Bertz CT molecular complexity index is 1500. The molecule has 4 rings (SSSR count). The van der Waals surface area contributed by atoms with Gasteiger partial charge in [0.2, 0.25) is 0 Å². The summed E-state index contributed by atoms with van der Waals surface area (Å²) in [5.41, 5.74) is 5.47. The largest absolute Gasteiger partial charge is 0.311 e. The second kappa shape index (κ2) is 10.7. The first-order valence-electron chi connectivity index (χ1n) is 13.1. The monoisotopic (exact) mass is 528 g/mol. The molecule has 3 aromatic rings. The molecule has 3 aromatic carbocycles. The van der Waals surface area contributed by atoms with E-state index in [1.165, 1.54) is 0 Å². The van der Waals surface area contributed by atoms with Crippen molar-refractivity contribution in [2.24, 2.45) is 4.40 Å². The summed E-state index contributed by atoms with van der Waals surface area (Å²) in [5.74, 6) is 0.0443. The topological polar surface area (TPSA) is 66.8 Å². The highest BCUT2D eigenvalue weighted by Crippen LogP contribution is 2.38. The zero-order valence-electron chi connectivity index (χ0n) is 23.2. The first kappa shape index (κ1) is 27.5. The van der Waals surface area contributed by atoms with Crippen molar-refractivity contribution in [3.8, 4) is 0 Å². The van der Waals surface area contributed by atoms with Crippen LogP contribution >= 0.6 is 0 Å². The lowest BCUT2D eigenvalue weighted by molar-refractivity contribution is -0.112. The van der Waals surface area contributed by atoms with Crippen LogP contribution in [0, 0.1) is 0 Å². The van der Waals surface area contributed by atoms with Crippen molar-refractivity contribution in [2.45, 2.75) is 64.2 Å². The average molecular weight is 529 g/mol. The summed E-state index contributed by atoms with van der Waals surface area (Å²) >= 11 is 0. The molecule has 198 valence electrons. The minimum absolute atomic E-state index is 0.0124. The number of likely N-dealkylation sites (N-methyl/N-ethyl adjacent to an activating group) is 1. The zero-order chi connectivity index (χ0) is 27.8. The van der Waals surface area contributed by atoms with E-state index in [2.05, 4.69) is 18.2 Å². The molecule has 0 fully saturated rings. The van der Waals surface area contributed by atoms with E-state index in [1.54, 1.807) is 18.0 Å². The molecule has 1 amide bonds. The van der Waals surface area contributed by atoms with Crippen LogP contribution in [0.15, 0.2) is 82.1 Å². The number of para-hydroxylation sites is 1. The fourth-order valence-electron chi connectivity index (χ4n) is 4.81. The molecule has 1 aliphatic heterocycles. The number of amides is 1. The number of benzene rings is 3. The molecule has 0 N–H and O–H groups in total. The van der Waals surface area contributed by atoms with Gasteiger partial charge in [-0.1, -0.05) is 102 Å². The lowest BCUT2D eigenvalue weighted by atomic mass is 9.89. The molecule has 0 saturated heterocycles. The van der Waals surface area contributed by atoms with Crippen LogP contribution in [0.25, 0.3) is 5.57 Å². The first-order valence-corrected chi connectivity index (χ1v) is 14.5. The lowest BCUT2D eigenvalue weighted by Crippen LogP contribution is -2.20. The van der Waals surface area contributed by atoms with E-state index >= 15 is 0 Å². The third-order valence-corrected chi connectivity index (χ3v) is 8.42. The summed E-state index contributed by atoms with van der Waals surface area (Å²) in [6.45, 7) is 12.3. The molecule has 0 aromatic heterocycles. The van der Waals surface area contributed by atoms with Crippen molar-refractivity contribution >= 4 is 32.9 Å². The third kappa shape index (κ3) is 5.23. The highest BCUT2D eigenvalue weighted by atomic mass is 32.2. The minimum atomic E-state index is -4.13. The molecule has 1 aliphatic rings. The van der Waals surface area contributed by atoms with Crippen molar-refractivity contribution in [1.82, 2.24) is 0 Å². The number of hydrogen-bond acceptors (Lipinski definition) is 3. The fraction of sp³-hybridized carbons (Fsp3) is 0.312. The molecular weight excluding hydrogens is 492 g/mol. The van der Waals surface area contributed by atoms with Crippen LogP contribution in [-0.2, 0) is 14.8 Å². The summed E-state index contributed by atoms with van der Waals surface area (Å²) in [4.78, 5) is 15.1. The highest BCUT2D eigenvalue weighted by Gasteiger charge is 2.31. The van der Waals surface area contributed by atoms with Gasteiger partial charge < -0.3 is 4.90 Å². The molecular formula is C32H36N2O3S. The second-order valence-electron chi connectivity index (χ2n) is 10.7. The van der Waals surface area contributed by atoms with E-state index in [0.717, 1.165) is 27.9 Å². The quantitative estimate of drug-likeness (QED) is 0.239. The third-order valence-electron chi connectivity index (χ3n) is 7.00. The van der Waals surface area contributed by atoms with Gasteiger partial charge in [-0.05, 0) is 46.6 Å². The van der Waals surface area contributed by atoms with Gasteiger partial charge in [-0.2, -0.15) is 12.8 Å². The number of fused-ring (bicyclic) bond motifs is 1. The molecule has 0 saturated carbocycles. The maximum atomic E-state index is 14.2. The summed E-state index contributed by atoms with van der Waals surface area (Å²) in [6.07, 6.45) is 1.62. The fourth-order valence-corrected chi connectivity index (χ4v) is 6.50. The van der Waals surface area contributed by atoms with E-state index < -0.39 is 10.0 Å². The maximum absolute atomic E-state index is 14.2. The number of nitrogens with zero attached hydrogens (tertiary/aromatic N) is 2. The molecule has 0 unspecified atom stereocenters. The summed E-state index contributed by atoms with van der Waals surface area (Å²) in [7, 11) is -2.41. The molecule has 1 heterocycles.